The van der Waals surface area contributed by atoms with E-state index in [1.165, 1.54) is 25.7 Å². The summed E-state index contributed by atoms with van der Waals surface area (Å²) in [6.45, 7) is 8.72. The van der Waals surface area contributed by atoms with Crippen molar-refractivity contribution < 1.29 is 5.11 Å². The molecule has 13 heavy (non-hydrogen) atoms. The van der Waals surface area contributed by atoms with E-state index in [2.05, 4.69) is 27.7 Å². The van der Waals surface area contributed by atoms with E-state index in [-0.39, 0.29) is 11.5 Å². The molecule has 78 valence electrons. The van der Waals surface area contributed by atoms with Crippen LogP contribution in [0.1, 0.15) is 53.4 Å². The van der Waals surface area contributed by atoms with E-state index in [9.17, 15) is 5.11 Å². The van der Waals surface area contributed by atoms with Gasteiger partial charge in [-0.3, -0.25) is 0 Å². The second kappa shape index (κ2) is 4.00. The van der Waals surface area contributed by atoms with Crippen LogP contribution in [0.5, 0.6) is 0 Å². The first-order valence-corrected chi connectivity index (χ1v) is 5.59. The van der Waals surface area contributed by atoms with Gasteiger partial charge in [0.25, 0.3) is 0 Å². The molecule has 1 aliphatic carbocycles. The molecule has 0 saturated heterocycles. The molecule has 1 N–H and O–H groups in total. The highest BCUT2D eigenvalue weighted by atomic mass is 16.3. The zero-order valence-electron chi connectivity index (χ0n) is 9.51. The Morgan fingerprint density at radius 2 is 1.54 bits per heavy atom. The van der Waals surface area contributed by atoms with Gasteiger partial charge in [0.15, 0.2) is 0 Å². The minimum absolute atomic E-state index is 0.0608. The first-order chi connectivity index (χ1) is 5.91. The largest absolute Gasteiger partial charge is 0.392 e. The fourth-order valence-corrected chi connectivity index (χ4v) is 2.31. The fourth-order valence-electron chi connectivity index (χ4n) is 2.31. The van der Waals surface area contributed by atoms with E-state index in [0.717, 1.165) is 5.92 Å². The first kappa shape index (κ1) is 11.0. The lowest BCUT2D eigenvalue weighted by Crippen LogP contribution is -2.35. The minimum Gasteiger partial charge on any atom is -0.392 e. The van der Waals surface area contributed by atoms with Crippen molar-refractivity contribution in [2.75, 3.05) is 0 Å². The minimum atomic E-state index is -0.111. The topological polar surface area (TPSA) is 20.2 Å². The molecule has 0 aliphatic heterocycles. The summed E-state index contributed by atoms with van der Waals surface area (Å²) in [4.78, 5) is 0. The Kier molecular flexibility index (Phi) is 3.39. The molecule has 1 aliphatic rings. The van der Waals surface area contributed by atoms with Gasteiger partial charge < -0.3 is 5.11 Å². The number of aliphatic hydroxyl groups is 1. The van der Waals surface area contributed by atoms with E-state index in [1.807, 2.05) is 0 Å². The maximum atomic E-state index is 10.1. The Morgan fingerprint density at radius 3 is 1.92 bits per heavy atom. The molecule has 1 unspecified atom stereocenters. The third-order valence-corrected chi connectivity index (χ3v) is 3.39. The van der Waals surface area contributed by atoms with Crippen LogP contribution in [-0.2, 0) is 0 Å². The summed E-state index contributed by atoms with van der Waals surface area (Å²) in [7, 11) is 0. The predicted octanol–water partition coefficient (Wildman–Crippen LogP) is 3.22. The molecule has 0 heterocycles. The summed E-state index contributed by atoms with van der Waals surface area (Å²) < 4.78 is 0. The Morgan fingerprint density at radius 1 is 1.08 bits per heavy atom. The van der Waals surface area contributed by atoms with Crippen molar-refractivity contribution in [2.24, 2.45) is 17.3 Å². The maximum Gasteiger partial charge on any atom is 0.0616 e. The second-order valence-corrected chi connectivity index (χ2v) is 5.83. The summed E-state index contributed by atoms with van der Waals surface area (Å²) in [6.07, 6.45) is 4.94. The fraction of sp³-hybridized carbons (Fsp3) is 1.00. The van der Waals surface area contributed by atoms with Crippen LogP contribution in [0.25, 0.3) is 0 Å². The van der Waals surface area contributed by atoms with Crippen molar-refractivity contribution in [2.45, 2.75) is 59.5 Å². The number of hydrogen-bond acceptors (Lipinski definition) is 1. The predicted molar refractivity (Wildman–Crippen MR) is 56.6 cm³/mol. The van der Waals surface area contributed by atoms with Gasteiger partial charge >= 0.3 is 0 Å². The van der Waals surface area contributed by atoms with Gasteiger partial charge in [-0.25, -0.2) is 0 Å². The standard InChI is InChI=1S/C12H24O/c1-9-5-7-10(8-6-9)11(13)12(2,3)4/h9-11,13H,5-8H2,1-4H3. The number of hydrogen-bond donors (Lipinski definition) is 1. The van der Waals surface area contributed by atoms with Crippen LogP contribution in [0, 0.1) is 17.3 Å². The number of rotatable bonds is 1. The quantitative estimate of drug-likeness (QED) is 0.663. The summed E-state index contributed by atoms with van der Waals surface area (Å²) in [5.41, 5.74) is 0.0608. The normalized spacial score (nSPS) is 33.0. The summed E-state index contributed by atoms with van der Waals surface area (Å²) >= 11 is 0. The van der Waals surface area contributed by atoms with Crippen molar-refractivity contribution in [3.8, 4) is 0 Å². The first-order valence-electron chi connectivity index (χ1n) is 5.59. The average molecular weight is 184 g/mol. The lowest BCUT2D eigenvalue weighted by atomic mass is 9.73. The van der Waals surface area contributed by atoms with E-state index in [1.54, 1.807) is 0 Å². The van der Waals surface area contributed by atoms with Crippen LogP contribution in [0.2, 0.25) is 0 Å². The van der Waals surface area contributed by atoms with Gasteiger partial charge in [0, 0.05) is 0 Å². The van der Waals surface area contributed by atoms with Crippen molar-refractivity contribution in [3.05, 3.63) is 0 Å². The van der Waals surface area contributed by atoms with Gasteiger partial charge in [0.05, 0.1) is 6.10 Å². The molecule has 1 heteroatoms. The van der Waals surface area contributed by atoms with Crippen molar-refractivity contribution >= 4 is 0 Å². The zero-order valence-corrected chi connectivity index (χ0v) is 9.51. The molecular weight excluding hydrogens is 160 g/mol. The van der Waals surface area contributed by atoms with E-state index < -0.39 is 0 Å². The molecule has 1 fully saturated rings. The van der Waals surface area contributed by atoms with Crippen LogP contribution >= 0.6 is 0 Å². The van der Waals surface area contributed by atoms with Gasteiger partial charge in [-0.15, -0.1) is 0 Å². The third kappa shape index (κ3) is 2.98. The summed E-state index contributed by atoms with van der Waals surface area (Å²) in [5.74, 6) is 1.43. The van der Waals surface area contributed by atoms with Crippen molar-refractivity contribution in [1.29, 1.82) is 0 Å². The van der Waals surface area contributed by atoms with Gasteiger partial charge in [0.2, 0.25) is 0 Å². The highest BCUT2D eigenvalue weighted by Crippen LogP contribution is 2.36. The van der Waals surface area contributed by atoms with Crippen LogP contribution < -0.4 is 0 Å². The molecule has 1 nitrogen and oxygen atoms in total. The Labute approximate surface area is 82.5 Å². The van der Waals surface area contributed by atoms with Gasteiger partial charge in [0.1, 0.15) is 0 Å². The van der Waals surface area contributed by atoms with Crippen LogP contribution in [0.15, 0.2) is 0 Å². The van der Waals surface area contributed by atoms with Crippen molar-refractivity contribution in [1.82, 2.24) is 0 Å². The smallest absolute Gasteiger partial charge is 0.0616 e. The van der Waals surface area contributed by atoms with Crippen LogP contribution in [0.4, 0.5) is 0 Å². The lowest BCUT2D eigenvalue weighted by molar-refractivity contribution is -0.00661. The highest BCUT2D eigenvalue weighted by molar-refractivity contribution is 4.83. The molecule has 1 saturated carbocycles. The Hall–Kier alpha value is -0.0400. The molecule has 0 bridgehead atoms. The Bertz CT molecular complexity index is 149. The summed E-state index contributed by atoms with van der Waals surface area (Å²) in [5, 5.41) is 10.1. The van der Waals surface area contributed by atoms with E-state index in [0.29, 0.717) is 5.92 Å². The van der Waals surface area contributed by atoms with Gasteiger partial charge in [-0.05, 0) is 30.1 Å². The van der Waals surface area contributed by atoms with Crippen molar-refractivity contribution in [3.63, 3.8) is 0 Å². The molecule has 0 aromatic rings. The third-order valence-electron chi connectivity index (χ3n) is 3.39. The molecular formula is C12H24O. The zero-order chi connectivity index (χ0) is 10.1. The lowest BCUT2D eigenvalue weighted by Gasteiger charge is -2.36. The molecule has 0 radical (unpaired) electrons. The molecule has 0 aromatic carbocycles. The Balaban J connectivity index is 2.45. The maximum absolute atomic E-state index is 10.1. The summed E-state index contributed by atoms with van der Waals surface area (Å²) in [6, 6.07) is 0. The average Bonchev–Trinajstić information content (AvgIpc) is 2.03. The molecule has 0 amide bonds. The van der Waals surface area contributed by atoms with Crippen LogP contribution in [0.3, 0.4) is 0 Å². The second-order valence-electron chi connectivity index (χ2n) is 5.83. The molecule has 1 atom stereocenters. The monoisotopic (exact) mass is 184 g/mol. The molecule has 0 aromatic heterocycles. The van der Waals surface area contributed by atoms with Gasteiger partial charge in [-0.2, -0.15) is 0 Å². The van der Waals surface area contributed by atoms with Crippen LogP contribution in [-0.4, -0.2) is 11.2 Å². The van der Waals surface area contributed by atoms with Gasteiger partial charge in [-0.1, -0.05) is 40.5 Å². The molecule has 1 rings (SSSR count). The number of aliphatic hydroxyl groups excluding tert-OH is 1. The van der Waals surface area contributed by atoms with E-state index in [4.69, 9.17) is 0 Å². The molecule has 0 spiro atoms. The highest BCUT2D eigenvalue weighted by Gasteiger charge is 2.32. The SMILES string of the molecule is CC1CCC(C(O)C(C)(C)C)CC1. The van der Waals surface area contributed by atoms with E-state index >= 15 is 0 Å².